The van der Waals surface area contributed by atoms with Gasteiger partial charge >= 0.3 is 5.69 Å². The van der Waals surface area contributed by atoms with Crippen LogP contribution >= 0.6 is 0 Å². The van der Waals surface area contributed by atoms with Crippen molar-refractivity contribution in [3.8, 4) is 5.75 Å². The van der Waals surface area contributed by atoms with Gasteiger partial charge in [0, 0.05) is 24.8 Å². The molecule has 0 heterocycles. The van der Waals surface area contributed by atoms with Crippen LogP contribution in [0.1, 0.15) is 19.4 Å². The maximum Gasteiger partial charge on any atom is 0.310 e. The number of nitrogens with zero attached hydrogens (tertiary/aromatic N) is 2. The first-order valence-electron chi connectivity index (χ1n) is 8.97. The van der Waals surface area contributed by atoms with Crippen molar-refractivity contribution < 1.29 is 22.9 Å². The van der Waals surface area contributed by atoms with Crippen LogP contribution in [0.4, 0.5) is 11.4 Å². The van der Waals surface area contributed by atoms with E-state index >= 15 is 0 Å². The minimum absolute atomic E-state index is 0.0257. The third-order valence-corrected chi connectivity index (χ3v) is 6.29. The Labute approximate surface area is 169 Å². The Bertz CT molecular complexity index is 1000. The summed E-state index contributed by atoms with van der Waals surface area (Å²) in [6.45, 7) is 5.43. The monoisotopic (exact) mass is 421 g/mol. The van der Waals surface area contributed by atoms with Crippen LogP contribution in [0.25, 0.3) is 0 Å². The zero-order valence-electron chi connectivity index (χ0n) is 16.4. The Morgan fingerprint density at radius 3 is 2.45 bits per heavy atom. The van der Waals surface area contributed by atoms with Gasteiger partial charge in [-0.2, -0.15) is 4.31 Å². The van der Waals surface area contributed by atoms with E-state index in [0.717, 1.165) is 0 Å². The molecule has 2 rings (SSSR count). The highest BCUT2D eigenvalue weighted by atomic mass is 32.2. The molecule has 1 amide bonds. The summed E-state index contributed by atoms with van der Waals surface area (Å²) in [6, 6.07) is 10.2. The molecule has 29 heavy (non-hydrogen) atoms. The quantitative estimate of drug-likeness (QED) is 0.491. The number of carbonyl (C=O) groups is 1. The number of nitro groups is 1. The van der Waals surface area contributed by atoms with E-state index in [-0.39, 0.29) is 16.3 Å². The van der Waals surface area contributed by atoms with Crippen LogP contribution in [0, 0.1) is 17.0 Å². The third kappa shape index (κ3) is 5.30. The number of rotatable bonds is 9. The summed E-state index contributed by atoms with van der Waals surface area (Å²) >= 11 is 0. The van der Waals surface area contributed by atoms with Crippen molar-refractivity contribution in [1.29, 1.82) is 0 Å². The highest BCUT2D eigenvalue weighted by Gasteiger charge is 2.22. The third-order valence-electron chi connectivity index (χ3n) is 4.25. The van der Waals surface area contributed by atoms with Gasteiger partial charge in [0.1, 0.15) is 0 Å². The van der Waals surface area contributed by atoms with Crippen molar-refractivity contribution in [3.05, 3.63) is 58.1 Å². The number of anilines is 1. The van der Waals surface area contributed by atoms with Crippen LogP contribution < -0.4 is 10.1 Å². The molecule has 0 aliphatic heterocycles. The minimum Gasteiger partial charge on any atom is -0.477 e. The fraction of sp³-hybridized carbons (Fsp3) is 0.316. The van der Waals surface area contributed by atoms with Crippen LogP contribution in [-0.2, 0) is 14.8 Å². The first-order chi connectivity index (χ1) is 13.7. The van der Waals surface area contributed by atoms with E-state index in [1.807, 2.05) is 0 Å². The Morgan fingerprint density at radius 2 is 1.83 bits per heavy atom. The van der Waals surface area contributed by atoms with Gasteiger partial charge in [-0.25, -0.2) is 8.42 Å². The van der Waals surface area contributed by atoms with Crippen molar-refractivity contribution in [2.45, 2.75) is 25.7 Å². The van der Waals surface area contributed by atoms with Gasteiger partial charge in [-0.3, -0.25) is 14.9 Å². The summed E-state index contributed by atoms with van der Waals surface area (Å²) in [5, 5.41) is 13.6. The summed E-state index contributed by atoms with van der Waals surface area (Å²) in [5.41, 5.74) is 0.751. The number of nitrogens with one attached hydrogen (secondary N) is 1. The van der Waals surface area contributed by atoms with Gasteiger partial charge < -0.3 is 10.1 Å². The molecular formula is C19H23N3O6S. The number of aryl methyl sites for hydroxylation is 1. The Balaban J connectivity index is 2.16. The number of hydrogen-bond acceptors (Lipinski definition) is 6. The lowest BCUT2D eigenvalue weighted by atomic mass is 10.2. The highest BCUT2D eigenvalue weighted by Crippen LogP contribution is 2.26. The standard InChI is InChI=1S/C19H23N3O6S/c1-4-21(5-2)29(26,27)15-11-10-14(3)16(12-15)20-19(23)13-28-18-9-7-6-8-17(18)22(24)25/h6-12H,4-5,13H2,1-3H3,(H,20,23). The first-order valence-corrected chi connectivity index (χ1v) is 10.4. The fourth-order valence-corrected chi connectivity index (χ4v) is 4.15. The molecule has 0 aromatic heterocycles. The van der Waals surface area contributed by atoms with Crippen molar-refractivity contribution in [2.24, 2.45) is 0 Å². The number of amides is 1. The van der Waals surface area contributed by atoms with E-state index in [1.165, 1.54) is 34.6 Å². The molecule has 10 heteroatoms. The van der Waals surface area contributed by atoms with Crippen molar-refractivity contribution in [3.63, 3.8) is 0 Å². The molecule has 0 radical (unpaired) electrons. The van der Waals surface area contributed by atoms with Gasteiger partial charge in [-0.05, 0) is 30.7 Å². The lowest BCUT2D eigenvalue weighted by Crippen LogP contribution is -2.30. The molecule has 0 aliphatic rings. The van der Waals surface area contributed by atoms with Gasteiger partial charge in [-0.15, -0.1) is 0 Å². The molecule has 2 aromatic carbocycles. The molecule has 1 N–H and O–H groups in total. The van der Waals surface area contributed by atoms with E-state index in [9.17, 15) is 23.3 Å². The molecule has 0 bridgehead atoms. The molecule has 0 fully saturated rings. The maximum absolute atomic E-state index is 12.7. The lowest BCUT2D eigenvalue weighted by molar-refractivity contribution is -0.385. The van der Waals surface area contributed by atoms with Crippen molar-refractivity contribution >= 4 is 27.3 Å². The Morgan fingerprint density at radius 1 is 1.17 bits per heavy atom. The van der Waals surface area contributed by atoms with Crippen molar-refractivity contribution in [2.75, 3.05) is 25.0 Å². The normalized spacial score (nSPS) is 11.3. The van der Waals surface area contributed by atoms with E-state index in [4.69, 9.17) is 4.74 Å². The summed E-state index contributed by atoms with van der Waals surface area (Å²) in [7, 11) is -3.67. The maximum atomic E-state index is 12.7. The molecular weight excluding hydrogens is 398 g/mol. The van der Waals surface area contributed by atoms with E-state index < -0.39 is 27.5 Å². The van der Waals surface area contributed by atoms with Gasteiger partial charge in [0.2, 0.25) is 10.0 Å². The molecule has 9 nitrogen and oxygen atoms in total. The van der Waals surface area contributed by atoms with Crippen LogP contribution in [0.15, 0.2) is 47.4 Å². The molecule has 0 saturated heterocycles. The average molecular weight is 421 g/mol. The molecule has 0 spiro atoms. The topological polar surface area (TPSA) is 119 Å². The second-order valence-corrected chi connectivity index (χ2v) is 8.07. The minimum atomic E-state index is -3.67. The number of nitro benzene ring substituents is 1. The fourth-order valence-electron chi connectivity index (χ4n) is 2.67. The summed E-state index contributed by atoms with van der Waals surface area (Å²) < 4.78 is 31.9. The number of carbonyl (C=O) groups excluding carboxylic acids is 1. The molecule has 0 saturated carbocycles. The molecule has 156 valence electrons. The largest absolute Gasteiger partial charge is 0.477 e. The molecule has 0 unspecified atom stereocenters. The summed E-state index contributed by atoms with van der Waals surface area (Å²) in [5.74, 6) is -0.592. The average Bonchev–Trinajstić information content (AvgIpc) is 2.68. The number of sulfonamides is 1. The summed E-state index contributed by atoms with van der Waals surface area (Å²) in [6.07, 6.45) is 0. The molecule has 0 aliphatic carbocycles. The first kappa shape index (κ1) is 22.3. The SMILES string of the molecule is CCN(CC)S(=O)(=O)c1ccc(C)c(NC(=O)COc2ccccc2[N+](=O)[O-])c1. The zero-order valence-corrected chi connectivity index (χ0v) is 17.2. The lowest BCUT2D eigenvalue weighted by Gasteiger charge is -2.19. The Kier molecular flexibility index (Phi) is 7.29. The van der Waals surface area contributed by atoms with Gasteiger partial charge in [0.25, 0.3) is 5.91 Å². The highest BCUT2D eigenvalue weighted by molar-refractivity contribution is 7.89. The van der Waals surface area contributed by atoms with Crippen LogP contribution in [0.2, 0.25) is 0 Å². The van der Waals surface area contributed by atoms with Gasteiger partial charge in [0.05, 0.1) is 9.82 Å². The number of ether oxygens (including phenoxy) is 1. The van der Waals surface area contributed by atoms with E-state index in [1.54, 1.807) is 32.9 Å². The van der Waals surface area contributed by atoms with Gasteiger partial charge in [0.15, 0.2) is 12.4 Å². The second kappa shape index (κ2) is 9.48. The predicted molar refractivity (Wildman–Crippen MR) is 109 cm³/mol. The number of para-hydroxylation sites is 2. The second-order valence-electron chi connectivity index (χ2n) is 6.13. The molecule has 0 atom stereocenters. The molecule has 2 aromatic rings. The number of hydrogen-bond donors (Lipinski definition) is 1. The smallest absolute Gasteiger partial charge is 0.310 e. The van der Waals surface area contributed by atoms with Crippen LogP contribution in [-0.4, -0.2) is 43.2 Å². The zero-order chi connectivity index (χ0) is 21.6. The summed E-state index contributed by atoms with van der Waals surface area (Å²) in [4.78, 5) is 22.7. The van der Waals surface area contributed by atoms with Crippen LogP contribution in [0.3, 0.4) is 0 Å². The van der Waals surface area contributed by atoms with Crippen LogP contribution in [0.5, 0.6) is 5.75 Å². The van der Waals surface area contributed by atoms with Gasteiger partial charge in [-0.1, -0.05) is 32.0 Å². The van der Waals surface area contributed by atoms with E-state index in [0.29, 0.717) is 24.3 Å². The Hall–Kier alpha value is -2.98. The van der Waals surface area contributed by atoms with E-state index in [2.05, 4.69) is 5.32 Å². The predicted octanol–water partition coefficient (Wildman–Crippen LogP) is 2.95. The van der Waals surface area contributed by atoms with Crippen molar-refractivity contribution in [1.82, 2.24) is 4.31 Å². The number of benzene rings is 2.